The third kappa shape index (κ3) is 2.92. The van der Waals surface area contributed by atoms with Crippen molar-refractivity contribution in [3.63, 3.8) is 0 Å². The van der Waals surface area contributed by atoms with E-state index in [0.717, 1.165) is 35.4 Å². The maximum Gasteiger partial charge on any atom is 0.256 e. The molecular formula is C20H24N2O3S. The molecule has 5 nitrogen and oxygen atoms in total. The molecule has 0 saturated heterocycles. The molecule has 2 aromatic rings. The number of ether oxygens (including phenoxy) is 2. The van der Waals surface area contributed by atoms with Crippen LogP contribution in [0, 0.1) is 5.92 Å². The van der Waals surface area contributed by atoms with Gasteiger partial charge >= 0.3 is 0 Å². The van der Waals surface area contributed by atoms with Gasteiger partial charge in [0.1, 0.15) is 11.2 Å². The van der Waals surface area contributed by atoms with E-state index >= 15 is 0 Å². The SMILES string of the molecule is CCOc1ccc([C@H]2NC(=O)c3c(sc4c3CC[C@H](C)C4)N2)cc1OC. The lowest BCUT2D eigenvalue weighted by Gasteiger charge is -2.27. The molecule has 6 heteroatoms. The zero-order chi connectivity index (χ0) is 18.3. The van der Waals surface area contributed by atoms with Crippen LogP contribution in [0.15, 0.2) is 18.2 Å². The van der Waals surface area contributed by atoms with E-state index in [0.29, 0.717) is 24.0 Å². The largest absolute Gasteiger partial charge is 0.493 e. The Bertz CT molecular complexity index is 846. The lowest BCUT2D eigenvalue weighted by Crippen LogP contribution is -2.38. The Morgan fingerprint density at radius 2 is 2.12 bits per heavy atom. The number of benzene rings is 1. The van der Waals surface area contributed by atoms with Gasteiger partial charge in [-0.2, -0.15) is 0 Å². The number of carbonyl (C=O) groups is 1. The van der Waals surface area contributed by atoms with Crippen LogP contribution in [0.5, 0.6) is 11.5 Å². The predicted octanol–water partition coefficient (Wildman–Crippen LogP) is 4.13. The van der Waals surface area contributed by atoms with Crippen LogP contribution in [0.1, 0.15) is 52.8 Å². The third-order valence-electron chi connectivity index (χ3n) is 5.11. The lowest BCUT2D eigenvalue weighted by atomic mass is 9.88. The molecule has 0 unspecified atom stereocenters. The molecule has 0 saturated carbocycles. The van der Waals surface area contributed by atoms with Crippen molar-refractivity contribution in [2.24, 2.45) is 5.92 Å². The van der Waals surface area contributed by atoms with Gasteiger partial charge in [0.05, 0.1) is 19.3 Å². The highest BCUT2D eigenvalue weighted by atomic mass is 32.1. The van der Waals surface area contributed by atoms with Gasteiger partial charge in [0.15, 0.2) is 11.5 Å². The number of nitrogens with one attached hydrogen (secondary N) is 2. The zero-order valence-corrected chi connectivity index (χ0v) is 16.2. The molecule has 1 aliphatic heterocycles. The van der Waals surface area contributed by atoms with Crippen LogP contribution in [-0.4, -0.2) is 19.6 Å². The van der Waals surface area contributed by atoms with Gasteiger partial charge in [0, 0.05) is 4.88 Å². The minimum atomic E-state index is -0.267. The van der Waals surface area contributed by atoms with Gasteiger partial charge in [-0.05, 0) is 55.4 Å². The molecule has 2 heterocycles. The minimum absolute atomic E-state index is 0.0173. The van der Waals surface area contributed by atoms with E-state index < -0.39 is 0 Å². The normalized spacial score (nSPS) is 21.3. The summed E-state index contributed by atoms with van der Waals surface area (Å²) in [5, 5.41) is 7.60. The second kappa shape index (κ2) is 6.83. The second-order valence-electron chi connectivity index (χ2n) is 6.95. The second-order valence-corrected chi connectivity index (χ2v) is 8.06. The number of anilines is 1. The van der Waals surface area contributed by atoms with Crippen molar-refractivity contribution in [2.45, 2.75) is 39.3 Å². The van der Waals surface area contributed by atoms with E-state index in [2.05, 4.69) is 17.6 Å². The first kappa shape index (κ1) is 17.2. The van der Waals surface area contributed by atoms with Crippen molar-refractivity contribution in [1.82, 2.24) is 5.32 Å². The summed E-state index contributed by atoms with van der Waals surface area (Å²) in [5.74, 6) is 2.09. The van der Waals surface area contributed by atoms with E-state index in [1.165, 1.54) is 10.4 Å². The Kier molecular flexibility index (Phi) is 4.53. The summed E-state index contributed by atoms with van der Waals surface area (Å²) in [5.41, 5.74) is 3.05. The first-order valence-corrected chi connectivity index (χ1v) is 9.95. The summed E-state index contributed by atoms with van der Waals surface area (Å²) in [6.45, 7) is 4.80. The van der Waals surface area contributed by atoms with E-state index in [1.54, 1.807) is 18.4 Å². The van der Waals surface area contributed by atoms with Gasteiger partial charge < -0.3 is 20.1 Å². The molecule has 1 aromatic heterocycles. The van der Waals surface area contributed by atoms with Crippen molar-refractivity contribution < 1.29 is 14.3 Å². The smallest absolute Gasteiger partial charge is 0.256 e. The monoisotopic (exact) mass is 372 g/mol. The van der Waals surface area contributed by atoms with E-state index in [-0.39, 0.29) is 12.1 Å². The number of carbonyl (C=O) groups excluding carboxylic acids is 1. The topological polar surface area (TPSA) is 59.6 Å². The molecule has 1 amide bonds. The summed E-state index contributed by atoms with van der Waals surface area (Å²) in [6.07, 6.45) is 2.96. The Balaban J connectivity index is 1.64. The third-order valence-corrected chi connectivity index (χ3v) is 6.30. The van der Waals surface area contributed by atoms with Gasteiger partial charge in [0.25, 0.3) is 5.91 Å². The molecule has 0 spiro atoms. The van der Waals surface area contributed by atoms with E-state index in [1.807, 2.05) is 25.1 Å². The first-order chi connectivity index (χ1) is 12.6. The molecule has 1 aliphatic carbocycles. The lowest BCUT2D eigenvalue weighted by molar-refractivity contribution is 0.0935. The minimum Gasteiger partial charge on any atom is -0.493 e. The van der Waals surface area contributed by atoms with Crippen molar-refractivity contribution in [1.29, 1.82) is 0 Å². The summed E-state index contributed by atoms with van der Waals surface area (Å²) in [7, 11) is 1.63. The van der Waals surface area contributed by atoms with Crippen LogP contribution in [0.4, 0.5) is 5.00 Å². The van der Waals surface area contributed by atoms with Crippen LogP contribution in [0.25, 0.3) is 0 Å². The van der Waals surface area contributed by atoms with Gasteiger partial charge in [-0.3, -0.25) is 4.79 Å². The Morgan fingerprint density at radius 3 is 2.88 bits per heavy atom. The van der Waals surface area contributed by atoms with Crippen molar-refractivity contribution in [2.75, 3.05) is 19.0 Å². The van der Waals surface area contributed by atoms with Crippen LogP contribution in [-0.2, 0) is 12.8 Å². The van der Waals surface area contributed by atoms with Crippen molar-refractivity contribution in [3.05, 3.63) is 39.8 Å². The van der Waals surface area contributed by atoms with Gasteiger partial charge in [0.2, 0.25) is 0 Å². The molecule has 0 radical (unpaired) electrons. The fraction of sp³-hybridized carbons (Fsp3) is 0.450. The van der Waals surface area contributed by atoms with Gasteiger partial charge in [-0.1, -0.05) is 13.0 Å². The van der Waals surface area contributed by atoms with E-state index in [4.69, 9.17) is 9.47 Å². The predicted molar refractivity (Wildman–Crippen MR) is 104 cm³/mol. The quantitative estimate of drug-likeness (QED) is 0.847. The Labute approximate surface area is 157 Å². The molecule has 2 atom stereocenters. The molecule has 2 N–H and O–H groups in total. The molecule has 138 valence electrons. The molecular weight excluding hydrogens is 348 g/mol. The van der Waals surface area contributed by atoms with Crippen LogP contribution in [0.3, 0.4) is 0 Å². The van der Waals surface area contributed by atoms with Crippen molar-refractivity contribution in [3.8, 4) is 11.5 Å². The fourth-order valence-corrected chi connectivity index (χ4v) is 5.20. The number of methoxy groups -OCH3 is 1. The van der Waals surface area contributed by atoms with Crippen LogP contribution >= 0.6 is 11.3 Å². The maximum atomic E-state index is 12.8. The Hall–Kier alpha value is -2.21. The molecule has 26 heavy (non-hydrogen) atoms. The molecule has 4 rings (SSSR count). The van der Waals surface area contributed by atoms with Gasteiger partial charge in [-0.15, -0.1) is 11.3 Å². The standard InChI is InChI=1S/C20H24N2O3S/c1-4-25-14-8-6-12(10-15(14)24-3)18-21-19(23)17-13-7-5-11(2)9-16(13)26-20(17)22-18/h6,8,10-11,18,22H,4-5,7,9H2,1-3H3,(H,21,23)/t11-,18-/m0/s1. The number of hydrogen-bond acceptors (Lipinski definition) is 5. The molecule has 1 aromatic carbocycles. The highest BCUT2D eigenvalue weighted by Crippen LogP contribution is 2.43. The van der Waals surface area contributed by atoms with Crippen molar-refractivity contribution >= 4 is 22.2 Å². The average molecular weight is 372 g/mol. The zero-order valence-electron chi connectivity index (χ0n) is 15.3. The fourth-order valence-electron chi connectivity index (χ4n) is 3.77. The number of rotatable bonds is 4. The van der Waals surface area contributed by atoms with Gasteiger partial charge in [-0.25, -0.2) is 0 Å². The molecule has 0 fully saturated rings. The first-order valence-electron chi connectivity index (χ1n) is 9.13. The number of hydrogen-bond donors (Lipinski definition) is 2. The summed E-state index contributed by atoms with van der Waals surface area (Å²) < 4.78 is 11.0. The van der Waals surface area contributed by atoms with Crippen LogP contribution in [0.2, 0.25) is 0 Å². The summed E-state index contributed by atoms with van der Waals surface area (Å²) >= 11 is 1.74. The van der Waals surface area contributed by atoms with Crippen LogP contribution < -0.4 is 20.1 Å². The average Bonchev–Trinajstić information content (AvgIpc) is 3.00. The number of thiophene rings is 1. The number of fused-ring (bicyclic) bond motifs is 3. The highest BCUT2D eigenvalue weighted by molar-refractivity contribution is 7.16. The summed E-state index contributed by atoms with van der Waals surface area (Å²) in [4.78, 5) is 14.2. The highest BCUT2D eigenvalue weighted by Gasteiger charge is 2.33. The molecule has 0 bridgehead atoms. The Morgan fingerprint density at radius 1 is 1.27 bits per heavy atom. The maximum absolute atomic E-state index is 12.8. The summed E-state index contributed by atoms with van der Waals surface area (Å²) in [6, 6.07) is 5.78. The molecule has 2 aliphatic rings. The number of amides is 1. The van der Waals surface area contributed by atoms with E-state index in [9.17, 15) is 4.79 Å².